The third kappa shape index (κ3) is 3.20. The molecule has 4 heteroatoms. The molecule has 0 saturated carbocycles. The Morgan fingerprint density at radius 3 is 2.89 bits per heavy atom. The van der Waals surface area contributed by atoms with E-state index in [9.17, 15) is 4.79 Å². The van der Waals surface area contributed by atoms with Gasteiger partial charge < -0.3 is 10.6 Å². The van der Waals surface area contributed by atoms with E-state index < -0.39 is 0 Å². The van der Waals surface area contributed by atoms with Gasteiger partial charge in [0.05, 0.1) is 5.52 Å². The number of benzene rings is 1. The fourth-order valence-corrected chi connectivity index (χ4v) is 1.71. The van der Waals surface area contributed by atoms with Crippen LogP contribution in [0.5, 0.6) is 0 Å². The molecule has 0 saturated heterocycles. The Kier molecular flexibility index (Phi) is 3.77. The lowest BCUT2D eigenvalue weighted by Crippen LogP contribution is -2.39. The van der Waals surface area contributed by atoms with Gasteiger partial charge in [0.25, 0.3) is 0 Å². The van der Waals surface area contributed by atoms with Gasteiger partial charge in [-0.15, -0.1) is 0 Å². The summed E-state index contributed by atoms with van der Waals surface area (Å²) in [5.41, 5.74) is 1.96. The van der Waals surface area contributed by atoms with Crippen molar-refractivity contribution in [1.29, 1.82) is 0 Å². The van der Waals surface area contributed by atoms with E-state index in [4.69, 9.17) is 0 Å². The van der Waals surface area contributed by atoms with Gasteiger partial charge in [-0.1, -0.05) is 18.2 Å². The molecule has 18 heavy (non-hydrogen) atoms. The van der Waals surface area contributed by atoms with Gasteiger partial charge in [-0.2, -0.15) is 0 Å². The molecule has 4 nitrogen and oxygen atoms in total. The maximum atomic E-state index is 11.4. The minimum atomic E-state index is -0.154. The van der Waals surface area contributed by atoms with Gasteiger partial charge in [0.1, 0.15) is 0 Å². The summed E-state index contributed by atoms with van der Waals surface area (Å²) in [5.74, 6) is 0. The largest absolute Gasteiger partial charge is 0.336 e. The van der Waals surface area contributed by atoms with Gasteiger partial charge in [0.15, 0.2) is 0 Å². The molecule has 2 rings (SSSR count). The molecule has 2 N–H and O–H groups in total. The first kappa shape index (κ1) is 12.4. The fourth-order valence-electron chi connectivity index (χ4n) is 1.71. The van der Waals surface area contributed by atoms with Crippen LogP contribution in [0.2, 0.25) is 0 Å². The number of aromatic nitrogens is 1. The second-order valence-electron chi connectivity index (χ2n) is 4.52. The number of hydrogen-bond donors (Lipinski definition) is 2. The predicted molar refractivity (Wildman–Crippen MR) is 72.3 cm³/mol. The van der Waals surface area contributed by atoms with Crippen molar-refractivity contribution in [2.45, 2.75) is 26.4 Å². The van der Waals surface area contributed by atoms with Crippen LogP contribution in [0.4, 0.5) is 4.79 Å². The maximum absolute atomic E-state index is 11.4. The van der Waals surface area contributed by atoms with Gasteiger partial charge in [0, 0.05) is 24.2 Å². The zero-order valence-corrected chi connectivity index (χ0v) is 10.6. The second kappa shape index (κ2) is 5.49. The number of pyridine rings is 1. The Morgan fingerprint density at radius 1 is 1.33 bits per heavy atom. The smallest absolute Gasteiger partial charge is 0.315 e. The van der Waals surface area contributed by atoms with Crippen molar-refractivity contribution in [2.24, 2.45) is 0 Å². The Morgan fingerprint density at radius 2 is 2.11 bits per heavy atom. The average Bonchev–Trinajstić information content (AvgIpc) is 2.35. The first-order valence-electron chi connectivity index (χ1n) is 6.03. The van der Waals surface area contributed by atoms with E-state index in [1.807, 2.05) is 44.2 Å². The summed E-state index contributed by atoms with van der Waals surface area (Å²) in [6.45, 7) is 4.34. The molecule has 0 spiro atoms. The van der Waals surface area contributed by atoms with Gasteiger partial charge >= 0.3 is 6.03 Å². The standard InChI is InChI=1S/C14H17N3O/c1-10(2)17-14(18)16-9-11-7-12-5-3-4-6-13(12)15-8-11/h3-8,10H,9H2,1-2H3,(H2,16,17,18). The minimum absolute atomic E-state index is 0.139. The molecule has 94 valence electrons. The van der Waals surface area contributed by atoms with E-state index in [0.717, 1.165) is 16.5 Å². The number of fused-ring (bicyclic) bond motifs is 1. The summed E-state index contributed by atoms with van der Waals surface area (Å²) in [7, 11) is 0. The highest BCUT2D eigenvalue weighted by Gasteiger charge is 2.03. The molecule has 2 aromatic rings. The lowest BCUT2D eigenvalue weighted by atomic mass is 10.1. The predicted octanol–water partition coefficient (Wildman–Crippen LogP) is 2.44. The number of amides is 2. The summed E-state index contributed by atoms with van der Waals surface area (Å²) in [5, 5.41) is 6.67. The molecule has 0 bridgehead atoms. The maximum Gasteiger partial charge on any atom is 0.315 e. The summed E-state index contributed by atoms with van der Waals surface area (Å²) >= 11 is 0. The number of urea groups is 1. The Hall–Kier alpha value is -2.10. The lowest BCUT2D eigenvalue weighted by molar-refractivity contribution is 0.238. The number of hydrogen-bond acceptors (Lipinski definition) is 2. The van der Waals surface area contributed by atoms with Crippen LogP contribution in [0, 0.1) is 0 Å². The highest BCUT2D eigenvalue weighted by Crippen LogP contribution is 2.12. The van der Waals surface area contributed by atoms with Crippen LogP contribution >= 0.6 is 0 Å². The van der Waals surface area contributed by atoms with Crippen molar-refractivity contribution in [1.82, 2.24) is 15.6 Å². The second-order valence-corrected chi connectivity index (χ2v) is 4.52. The number of nitrogens with one attached hydrogen (secondary N) is 2. The molecule has 0 fully saturated rings. The third-order valence-electron chi connectivity index (χ3n) is 2.52. The summed E-state index contributed by atoms with van der Waals surface area (Å²) in [6, 6.07) is 9.95. The quantitative estimate of drug-likeness (QED) is 0.870. The molecule has 1 aromatic carbocycles. The van der Waals surface area contributed by atoms with Crippen LogP contribution < -0.4 is 10.6 Å². The first-order chi connectivity index (χ1) is 8.65. The van der Waals surface area contributed by atoms with Crippen LogP contribution in [0.15, 0.2) is 36.5 Å². The molecule has 0 aliphatic carbocycles. The van der Waals surface area contributed by atoms with E-state index in [2.05, 4.69) is 15.6 Å². The highest BCUT2D eigenvalue weighted by atomic mass is 16.2. The molecule has 1 heterocycles. The van der Waals surface area contributed by atoms with Crippen LogP contribution in [0.3, 0.4) is 0 Å². The number of nitrogens with zero attached hydrogens (tertiary/aromatic N) is 1. The van der Waals surface area contributed by atoms with Gasteiger partial charge in [-0.25, -0.2) is 4.79 Å². The molecule has 2 amide bonds. The van der Waals surface area contributed by atoms with Gasteiger partial charge in [-0.05, 0) is 31.5 Å². The van der Waals surface area contributed by atoms with Crippen LogP contribution in [-0.4, -0.2) is 17.1 Å². The Bertz CT molecular complexity index is 551. The van der Waals surface area contributed by atoms with Crippen molar-refractivity contribution in [3.05, 3.63) is 42.1 Å². The zero-order valence-electron chi connectivity index (χ0n) is 10.6. The SMILES string of the molecule is CC(C)NC(=O)NCc1cnc2ccccc2c1. The fraction of sp³-hybridized carbons (Fsp3) is 0.286. The van der Waals surface area contributed by atoms with Crippen molar-refractivity contribution in [2.75, 3.05) is 0 Å². The number of para-hydroxylation sites is 1. The molecule has 0 radical (unpaired) electrons. The normalized spacial score (nSPS) is 10.6. The molecule has 0 atom stereocenters. The van der Waals surface area contributed by atoms with E-state index in [0.29, 0.717) is 6.54 Å². The summed E-state index contributed by atoms with van der Waals surface area (Å²) in [6.07, 6.45) is 1.79. The van der Waals surface area contributed by atoms with E-state index in [1.165, 1.54) is 0 Å². The van der Waals surface area contributed by atoms with Gasteiger partial charge in [0.2, 0.25) is 0 Å². The van der Waals surface area contributed by atoms with E-state index >= 15 is 0 Å². The Balaban J connectivity index is 2.01. The molecule has 0 aliphatic heterocycles. The molecule has 0 unspecified atom stereocenters. The van der Waals surface area contributed by atoms with Crippen molar-refractivity contribution >= 4 is 16.9 Å². The Labute approximate surface area is 106 Å². The van der Waals surface area contributed by atoms with Crippen molar-refractivity contribution in [3.8, 4) is 0 Å². The topological polar surface area (TPSA) is 54.0 Å². The van der Waals surface area contributed by atoms with Crippen LogP contribution in [0.1, 0.15) is 19.4 Å². The number of carbonyl (C=O) groups excluding carboxylic acids is 1. The summed E-state index contributed by atoms with van der Waals surface area (Å²) in [4.78, 5) is 15.8. The van der Waals surface area contributed by atoms with Crippen molar-refractivity contribution < 1.29 is 4.79 Å². The third-order valence-corrected chi connectivity index (χ3v) is 2.52. The molecular weight excluding hydrogens is 226 g/mol. The van der Waals surface area contributed by atoms with E-state index in [-0.39, 0.29) is 12.1 Å². The zero-order chi connectivity index (χ0) is 13.0. The number of rotatable bonds is 3. The van der Waals surface area contributed by atoms with Crippen LogP contribution in [-0.2, 0) is 6.54 Å². The molecular formula is C14H17N3O. The minimum Gasteiger partial charge on any atom is -0.336 e. The number of carbonyl (C=O) groups is 1. The monoisotopic (exact) mass is 243 g/mol. The molecule has 1 aromatic heterocycles. The first-order valence-corrected chi connectivity index (χ1v) is 6.03. The molecule has 0 aliphatic rings. The lowest BCUT2D eigenvalue weighted by Gasteiger charge is -2.10. The highest BCUT2D eigenvalue weighted by molar-refractivity contribution is 5.79. The van der Waals surface area contributed by atoms with Crippen molar-refractivity contribution in [3.63, 3.8) is 0 Å². The van der Waals surface area contributed by atoms with E-state index in [1.54, 1.807) is 6.20 Å². The van der Waals surface area contributed by atoms with Crippen LogP contribution in [0.25, 0.3) is 10.9 Å². The average molecular weight is 243 g/mol. The summed E-state index contributed by atoms with van der Waals surface area (Å²) < 4.78 is 0. The van der Waals surface area contributed by atoms with Gasteiger partial charge in [-0.3, -0.25) is 4.98 Å².